The van der Waals surface area contributed by atoms with Crippen LogP contribution in [0.3, 0.4) is 0 Å². The van der Waals surface area contributed by atoms with Gasteiger partial charge in [-0.15, -0.1) is 0 Å². The van der Waals surface area contributed by atoms with Crippen LogP contribution in [-0.4, -0.2) is 22.8 Å². The van der Waals surface area contributed by atoms with Gasteiger partial charge in [-0.25, -0.2) is 0 Å². The van der Waals surface area contributed by atoms with E-state index in [1.807, 2.05) is 35.9 Å². The van der Waals surface area contributed by atoms with Gasteiger partial charge in [-0.05, 0) is 33.8 Å². The minimum atomic E-state index is -0.148. The highest BCUT2D eigenvalue weighted by atomic mass is 16.5. The Morgan fingerprint density at radius 1 is 1.32 bits per heavy atom. The first kappa shape index (κ1) is 16.1. The molecule has 0 atom stereocenters. The number of para-hydroxylation sites is 1. The first-order valence-electron chi connectivity index (χ1n) is 7.30. The van der Waals surface area contributed by atoms with Crippen LogP contribution in [0, 0.1) is 6.92 Å². The molecule has 1 amide bonds. The SMILES string of the molecule is COc1ccccc1CNC(=O)c1cnn(C(C)(C)C)c1C. The van der Waals surface area contributed by atoms with Crippen molar-refractivity contribution in [1.29, 1.82) is 0 Å². The van der Waals surface area contributed by atoms with E-state index in [0.717, 1.165) is 17.0 Å². The number of amides is 1. The van der Waals surface area contributed by atoms with Crippen LogP contribution in [0.15, 0.2) is 30.5 Å². The lowest BCUT2D eigenvalue weighted by atomic mass is 10.1. The van der Waals surface area contributed by atoms with Crippen LogP contribution in [0.1, 0.15) is 42.4 Å². The molecule has 0 spiro atoms. The Balaban J connectivity index is 2.12. The summed E-state index contributed by atoms with van der Waals surface area (Å²) < 4.78 is 7.15. The minimum Gasteiger partial charge on any atom is -0.496 e. The maximum atomic E-state index is 12.4. The largest absolute Gasteiger partial charge is 0.496 e. The molecular weight excluding hydrogens is 278 g/mol. The molecule has 5 heteroatoms. The second kappa shape index (κ2) is 6.22. The highest BCUT2D eigenvalue weighted by Crippen LogP contribution is 2.19. The van der Waals surface area contributed by atoms with E-state index in [4.69, 9.17) is 4.74 Å². The highest BCUT2D eigenvalue weighted by Gasteiger charge is 2.21. The van der Waals surface area contributed by atoms with E-state index in [2.05, 4.69) is 31.2 Å². The van der Waals surface area contributed by atoms with Crippen molar-refractivity contribution in [2.75, 3.05) is 7.11 Å². The summed E-state index contributed by atoms with van der Waals surface area (Å²) in [6.45, 7) is 8.51. The third kappa shape index (κ3) is 3.30. The quantitative estimate of drug-likeness (QED) is 0.944. The molecule has 2 rings (SSSR count). The predicted octanol–water partition coefficient (Wildman–Crippen LogP) is 2.89. The van der Waals surface area contributed by atoms with Gasteiger partial charge >= 0.3 is 0 Å². The molecule has 0 unspecified atom stereocenters. The third-order valence-corrected chi connectivity index (χ3v) is 3.52. The summed E-state index contributed by atoms with van der Waals surface area (Å²) >= 11 is 0. The molecule has 0 aliphatic rings. The number of rotatable bonds is 4. The molecule has 0 saturated heterocycles. The maximum Gasteiger partial charge on any atom is 0.255 e. The van der Waals surface area contributed by atoms with Crippen molar-refractivity contribution in [3.63, 3.8) is 0 Å². The van der Waals surface area contributed by atoms with E-state index in [1.54, 1.807) is 13.3 Å². The summed E-state index contributed by atoms with van der Waals surface area (Å²) in [5, 5.41) is 7.25. The Labute approximate surface area is 131 Å². The zero-order valence-corrected chi connectivity index (χ0v) is 13.8. The van der Waals surface area contributed by atoms with Crippen LogP contribution in [0.4, 0.5) is 0 Å². The molecular formula is C17H23N3O2. The molecule has 0 saturated carbocycles. The molecule has 22 heavy (non-hydrogen) atoms. The summed E-state index contributed by atoms with van der Waals surface area (Å²) in [6.07, 6.45) is 1.62. The van der Waals surface area contributed by atoms with E-state index in [0.29, 0.717) is 12.1 Å². The average molecular weight is 301 g/mol. The van der Waals surface area contributed by atoms with E-state index in [-0.39, 0.29) is 11.4 Å². The topological polar surface area (TPSA) is 56.1 Å². The first-order valence-corrected chi connectivity index (χ1v) is 7.30. The van der Waals surface area contributed by atoms with Crippen molar-refractivity contribution in [2.45, 2.75) is 39.8 Å². The maximum absolute atomic E-state index is 12.4. The molecule has 1 aromatic carbocycles. The monoisotopic (exact) mass is 301 g/mol. The highest BCUT2D eigenvalue weighted by molar-refractivity contribution is 5.95. The Kier molecular flexibility index (Phi) is 4.54. The van der Waals surface area contributed by atoms with Gasteiger partial charge in [0.2, 0.25) is 0 Å². The molecule has 0 aliphatic heterocycles. The van der Waals surface area contributed by atoms with E-state index >= 15 is 0 Å². The average Bonchev–Trinajstić information content (AvgIpc) is 2.87. The number of methoxy groups -OCH3 is 1. The van der Waals surface area contributed by atoms with Crippen LogP contribution in [-0.2, 0) is 12.1 Å². The van der Waals surface area contributed by atoms with Gasteiger partial charge in [0.05, 0.1) is 24.4 Å². The van der Waals surface area contributed by atoms with Crippen LogP contribution < -0.4 is 10.1 Å². The molecule has 1 heterocycles. The fourth-order valence-corrected chi connectivity index (χ4v) is 2.43. The van der Waals surface area contributed by atoms with Gasteiger partial charge in [0.1, 0.15) is 5.75 Å². The standard InChI is InChI=1S/C17H23N3O2/c1-12-14(11-19-20(12)17(2,3)4)16(21)18-10-13-8-6-7-9-15(13)22-5/h6-9,11H,10H2,1-5H3,(H,18,21). The number of nitrogens with zero attached hydrogens (tertiary/aromatic N) is 2. The Morgan fingerprint density at radius 2 is 2.00 bits per heavy atom. The molecule has 0 aliphatic carbocycles. The second-order valence-electron chi connectivity index (χ2n) is 6.22. The normalized spacial score (nSPS) is 11.3. The van der Waals surface area contributed by atoms with Crippen molar-refractivity contribution in [2.24, 2.45) is 0 Å². The van der Waals surface area contributed by atoms with Crippen molar-refractivity contribution in [3.05, 3.63) is 47.3 Å². The molecule has 0 radical (unpaired) electrons. The molecule has 0 fully saturated rings. The number of carbonyl (C=O) groups is 1. The number of carbonyl (C=O) groups excluding carboxylic acids is 1. The molecule has 118 valence electrons. The van der Waals surface area contributed by atoms with Crippen LogP contribution in [0.5, 0.6) is 5.75 Å². The Hall–Kier alpha value is -2.30. The smallest absolute Gasteiger partial charge is 0.255 e. The van der Waals surface area contributed by atoms with Gasteiger partial charge in [0.15, 0.2) is 0 Å². The fraction of sp³-hybridized carbons (Fsp3) is 0.412. The number of benzene rings is 1. The van der Waals surface area contributed by atoms with Crippen molar-refractivity contribution in [3.8, 4) is 5.75 Å². The van der Waals surface area contributed by atoms with E-state index in [1.165, 1.54) is 0 Å². The number of ether oxygens (including phenoxy) is 1. The Morgan fingerprint density at radius 3 is 2.59 bits per heavy atom. The molecule has 5 nitrogen and oxygen atoms in total. The summed E-state index contributed by atoms with van der Waals surface area (Å²) in [5.74, 6) is 0.642. The first-order chi connectivity index (χ1) is 10.3. The molecule has 2 aromatic rings. The zero-order valence-electron chi connectivity index (χ0n) is 13.8. The van der Waals surface area contributed by atoms with E-state index < -0.39 is 0 Å². The third-order valence-electron chi connectivity index (χ3n) is 3.52. The summed E-state index contributed by atoms with van der Waals surface area (Å²) in [7, 11) is 1.62. The van der Waals surface area contributed by atoms with Gasteiger partial charge in [0, 0.05) is 17.8 Å². The van der Waals surface area contributed by atoms with Crippen molar-refractivity contribution in [1.82, 2.24) is 15.1 Å². The van der Waals surface area contributed by atoms with Crippen LogP contribution in [0.2, 0.25) is 0 Å². The number of nitrogens with one attached hydrogen (secondary N) is 1. The summed E-state index contributed by atoms with van der Waals surface area (Å²) in [4.78, 5) is 12.4. The number of aromatic nitrogens is 2. The predicted molar refractivity (Wildman–Crippen MR) is 86.1 cm³/mol. The lowest BCUT2D eigenvalue weighted by molar-refractivity contribution is 0.0950. The van der Waals surface area contributed by atoms with Gasteiger partial charge in [-0.1, -0.05) is 18.2 Å². The van der Waals surface area contributed by atoms with Gasteiger partial charge in [0.25, 0.3) is 5.91 Å². The number of hydrogen-bond donors (Lipinski definition) is 1. The van der Waals surface area contributed by atoms with Crippen LogP contribution in [0.25, 0.3) is 0 Å². The van der Waals surface area contributed by atoms with Gasteiger partial charge < -0.3 is 10.1 Å². The van der Waals surface area contributed by atoms with Crippen molar-refractivity contribution < 1.29 is 9.53 Å². The Bertz CT molecular complexity index is 669. The minimum absolute atomic E-state index is 0.126. The van der Waals surface area contributed by atoms with E-state index in [9.17, 15) is 4.79 Å². The second-order valence-corrected chi connectivity index (χ2v) is 6.22. The summed E-state index contributed by atoms with van der Waals surface area (Å²) in [5.41, 5.74) is 2.26. The summed E-state index contributed by atoms with van der Waals surface area (Å²) in [6, 6.07) is 7.64. The lowest BCUT2D eigenvalue weighted by Crippen LogP contribution is -2.26. The van der Waals surface area contributed by atoms with Crippen molar-refractivity contribution >= 4 is 5.91 Å². The zero-order chi connectivity index (χ0) is 16.3. The molecule has 1 N–H and O–H groups in total. The van der Waals surface area contributed by atoms with Gasteiger partial charge in [-0.3, -0.25) is 9.48 Å². The fourth-order valence-electron chi connectivity index (χ4n) is 2.43. The van der Waals surface area contributed by atoms with Gasteiger partial charge in [-0.2, -0.15) is 5.10 Å². The molecule has 0 bridgehead atoms. The molecule has 1 aromatic heterocycles. The number of hydrogen-bond acceptors (Lipinski definition) is 3. The lowest BCUT2D eigenvalue weighted by Gasteiger charge is -2.21. The van der Waals surface area contributed by atoms with Crippen LogP contribution >= 0.6 is 0 Å².